The Hall–Kier alpha value is -0.300. The van der Waals surface area contributed by atoms with Crippen LogP contribution in [0.3, 0.4) is 0 Å². The van der Waals surface area contributed by atoms with Gasteiger partial charge in [-0.15, -0.1) is 0 Å². The normalized spacial score (nSPS) is 40.9. The SMILES string of the molecule is C1=CCCC2NC2CC1. The van der Waals surface area contributed by atoms with Crippen LogP contribution in [0, 0.1) is 0 Å². The summed E-state index contributed by atoms with van der Waals surface area (Å²) in [7, 11) is 0. The molecule has 0 aromatic carbocycles. The highest BCUT2D eigenvalue weighted by molar-refractivity contribution is 5.02. The minimum Gasteiger partial charge on any atom is -0.308 e. The van der Waals surface area contributed by atoms with Gasteiger partial charge in [-0.25, -0.2) is 0 Å². The summed E-state index contributed by atoms with van der Waals surface area (Å²) in [6, 6.07) is 1.77. The summed E-state index contributed by atoms with van der Waals surface area (Å²) in [5, 5.41) is 3.47. The highest BCUT2D eigenvalue weighted by Gasteiger charge is 2.34. The fourth-order valence-corrected chi connectivity index (χ4v) is 1.58. The molecule has 0 aromatic heterocycles. The van der Waals surface area contributed by atoms with Crippen molar-refractivity contribution in [3.8, 4) is 0 Å². The van der Waals surface area contributed by atoms with Crippen molar-refractivity contribution in [3.05, 3.63) is 12.2 Å². The summed E-state index contributed by atoms with van der Waals surface area (Å²) in [6.45, 7) is 0. The minimum absolute atomic E-state index is 0.884. The molecule has 50 valence electrons. The maximum absolute atomic E-state index is 3.47. The summed E-state index contributed by atoms with van der Waals surface area (Å²) in [4.78, 5) is 0. The smallest absolute Gasteiger partial charge is 0.0227 e. The first kappa shape index (κ1) is 5.48. The molecule has 2 aliphatic rings. The molecule has 0 bridgehead atoms. The summed E-state index contributed by atoms with van der Waals surface area (Å²) in [6.07, 6.45) is 9.93. The molecule has 1 heterocycles. The predicted molar refractivity (Wildman–Crippen MR) is 38.3 cm³/mol. The molecular weight excluding hydrogens is 110 g/mol. The Morgan fingerprint density at radius 1 is 1.00 bits per heavy atom. The molecule has 1 nitrogen and oxygen atoms in total. The number of nitrogens with one attached hydrogen (secondary N) is 1. The monoisotopic (exact) mass is 123 g/mol. The first-order valence-electron chi connectivity index (χ1n) is 3.88. The highest BCUT2D eigenvalue weighted by atomic mass is 15.1. The summed E-state index contributed by atoms with van der Waals surface area (Å²) >= 11 is 0. The maximum Gasteiger partial charge on any atom is 0.0227 e. The number of fused-ring (bicyclic) bond motifs is 1. The molecule has 1 heteroatoms. The second-order valence-electron chi connectivity index (χ2n) is 3.01. The lowest BCUT2D eigenvalue weighted by atomic mass is 10.1. The summed E-state index contributed by atoms with van der Waals surface area (Å²) < 4.78 is 0. The average Bonchev–Trinajstić information content (AvgIpc) is 2.46. The van der Waals surface area contributed by atoms with E-state index in [0.717, 1.165) is 12.1 Å². The van der Waals surface area contributed by atoms with Crippen LogP contribution in [0.15, 0.2) is 12.2 Å². The fourth-order valence-electron chi connectivity index (χ4n) is 1.58. The molecule has 2 unspecified atom stereocenters. The van der Waals surface area contributed by atoms with Gasteiger partial charge in [-0.1, -0.05) is 12.2 Å². The Morgan fingerprint density at radius 3 is 2.11 bits per heavy atom. The Morgan fingerprint density at radius 2 is 1.56 bits per heavy atom. The molecule has 0 spiro atoms. The third-order valence-electron chi connectivity index (χ3n) is 2.26. The van der Waals surface area contributed by atoms with E-state index in [1.54, 1.807) is 0 Å². The Labute approximate surface area is 56.1 Å². The molecule has 9 heavy (non-hydrogen) atoms. The van der Waals surface area contributed by atoms with E-state index in [0.29, 0.717) is 0 Å². The number of hydrogen-bond acceptors (Lipinski definition) is 1. The van der Waals surface area contributed by atoms with Crippen LogP contribution in [-0.2, 0) is 0 Å². The van der Waals surface area contributed by atoms with Crippen molar-refractivity contribution in [2.24, 2.45) is 0 Å². The molecule has 2 rings (SSSR count). The fraction of sp³-hybridized carbons (Fsp3) is 0.750. The van der Waals surface area contributed by atoms with Gasteiger partial charge in [0.25, 0.3) is 0 Å². The molecule has 0 amide bonds. The van der Waals surface area contributed by atoms with Gasteiger partial charge in [0.05, 0.1) is 0 Å². The number of allylic oxidation sites excluding steroid dienone is 2. The van der Waals surface area contributed by atoms with Crippen LogP contribution in [0.1, 0.15) is 25.7 Å². The molecule has 1 fully saturated rings. The largest absolute Gasteiger partial charge is 0.308 e. The second kappa shape index (κ2) is 2.14. The van der Waals surface area contributed by atoms with Crippen molar-refractivity contribution in [1.82, 2.24) is 5.32 Å². The van der Waals surface area contributed by atoms with E-state index in [9.17, 15) is 0 Å². The average molecular weight is 123 g/mol. The van der Waals surface area contributed by atoms with Crippen molar-refractivity contribution in [2.75, 3.05) is 0 Å². The topological polar surface area (TPSA) is 21.9 Å². The van der Waals surface area contributed by atoms with Crippen molar-refractivity contribution < 1.29 is 0 Å². The molecule has 1 N–H and O–H groups in total. The van der Waals surface area contributed by atoms with E-state index in [2.05, 4.69) is 17.5 Å². The lowest BCUT2D eigenvalue weighted by Crippen LogP contribution is -1.94. The van der Waals surface area contributed by atoms with Crippen LogP contribution in [0.2, 0.25) is 0 Å². The van der Waals surface area contributed by atoms with Gasteiger partial charge >= 0.3 is 0 Å². The van der Waals surface area contributed by atoms with Crippen LogP contribution in [0.4, 0.5) is 0 Å². The van der Waals surface area contributed by atoms with Crippen molar-refractivity contribution in [2.45, 2.75) is 37.8 Å². The third kappa shape index (κ3) is 1.16. The van der Waals surface area contributed by atoms with Gasteiger partial charge in [-0.05, 0) is 25.7 Å². The zero-order chi connectivity index (χ0) is 6.10. The van der Waals surface area contributed by atoms with Gasteiger partial charge in [0.15, 0.2) is 0 Å². The minimum atomic E-state index is 0.884. The van der Waals surface area contributed by atoms with Crippen molar-refractivity contribution >= 4 is 0 Å². The molecule has 1 aliphatic carbocycles. The maximum atomic E-state index is 3.47. The Bertz CT molecular complexity index is 115. The van der Waals surface area contributed by atoms with Gasteiger partial charge in [0.2, 0.25) is 0 Å². The third-order valence-corrected chi connectivity index (χ3v) is 2.26. The van der Waals surface area contributed by atoms with Crippen LogP contribution in [0.25, 0.3) is 0 Å². The molecule has 0 radical (unpaired) electrons. The van der Waals surface area contributed by atoms with E-state index in [1.807, 2.05) is 0 Å². The van der Waals surface area contributed by atoms with Gasteiger partial charge in [0.1, 0.15) is 0 Å². The van der Waals surface area contributed by atoms with Crippen LogP contribution >= 0.6 is 0 Å². The van der Waals surface area contributed by atoms with Crippen LogP contribution in [-0.4, -0.2) is 12.1 Å². The molecule has 0 aromatic rings. The molecule has 2 atom stereocenters. The quantitative estimate of drug-likeness (QED) is 0.382. The molecule has 1 saturated heterocycles. The van der Waals surface area contributed by atoms with Crippen LogP contribution < -0.4 is 5.32 Å². The Balaban J connectivity index is 1.91. The number of rotatable bonds is 0. The first-order valence-corrected chi connectivity index (χ1v) is 3.88. The van der Waals surface area contributed by atoms with Gasteiger partial charge in [0, 0.05) is 12.1 Å². The van der Waals surface area contributed by atoms with E-state index in [1.165, 1.54) is 25.7 Å². The van der Waals surface area contributed by atoms with E-state index in [-0.39, 0.29) is 0 Å². The highest BCUT2D eigenvalue weighted by Crippen LogP contribution is 2.23. The number of hydrogen-bond donors (Lipinski definition) is 1. The van der Waals surface area contributed by atoms with Gasteiger partial charge in [-0.2, -0.15) is 0 Å². The molecule has 1 aliphatic heterocycles. The lowest BCUT2D eigenvalue weighted by molar-refractivity contribution is 0.731. The second-order valence-corrected chi connectivity index (χ2v) is 3.01. The molecular formula is C8H13N. The van der Waals surface area contributed by atoms with Gasteiger partial charge in [-0.3, -0.25) is 0 Å². The van der Waals surface area contributed by atoms with Crippen molar-refractivity contribution in [1.29, 1.82) is 0 Å². The zero-order valence-electron chi connectivity index (χ0n) is 5.64. The van der Waals surface area contributed by atoms with Crippen LogP contribution in [0.5, 0.6) is 0 Å². The van der Waals surface area contributed by atoms with E-state index in [4.69, 9.17) is 0 Å². The summed E-state index contributed by atoms with van der Waals surface area (Å²) in [5.41, 5.74) is 0. The standard InChI is InChI=1S/C8H13N/c1-2-4-6-8-7(9-8)5-3-1/h1-2,7-9H,3-6H2. The summed E-state index contributed by atoms with van der Waals surface area (Å²) in [5.74, 6) is 0. The lowest BCUT2D eigenvalue weighted by Gasteiger charge is -1.97. The Kier molecular flexibility index (Phi) is 1.31. The van der Waals surface area contributed by atoms with Crippen molar-refractivity contribution in [3.63, 3.8) is 0 Å². The van der Waals surface area contributed by atoms with E-state index >= 15 is 0 Å². The van der Waals surface area contributed by atoms with Gasteiger partial charge < -0.3 is 5.32 Å². The van der Waals surface area contributed by atoms with E-state index < -0.39 is 0 Å². The molecule has 0 saturated carbocycles. The first-order chi connectivity index (χ1) is 4.47. The predicted octanol–water partition coefficient (Wildman–Crippen LogP) is 1.46. The zero-order valence-corrected chi connectivity index (χ0v) is 5.64.